The van der Waals surface area contributed by atoms with Crippen LogP contribution in [0.5, 0.6) is 11.5 Å². The molecule has 148 valence electrons. The second-order valence-corrected chi connectivity index (χ2v) is 8.59. The Morgan fingerprint density at radius 3 is 2.70 bits per heavy atom. The molecule has 4 rings (SSSR count). The summed E-state index contributed by atoms with van der Waals surface area (Å²) in [6, 6.07) is 5.75. The third kappa shape index (κ3) is 3.72. The standard InChI is InChI=1S/C21H30N2O4/c1-20(2)14-17(16-6-5-15(25-3)13-18(16)27-20)22-19(24)23-10-8-21(9-11-23)7-4-12-26-21/h5-6,13,17H,4,7-12,14H2,1-3H3,(H,22,24)/t17-/m0/s1. The Labute approximate surface area is 161 Å². The molecule has 2 amide bonds. The summed E-state index contributed by atoms with van der Waals surface area (Å²) in [5.74, 6) is 1.54. The number of ether oxygens (including phenoxy) is 3. The molecule has 1 atom stereocenters. The second-order valence-electron chi connectivity index (χ2n) is 8.59. The van der Waals surface area contributed by atoms with E-state index in [2.05, 4.69) is 19.2 Å². The zero-order valence-corrected chi connectivity index (χ0v) is 16.5. The van der Waals surface area contributed by atoms with Crippen LogP contribution in [-0.4, -0.2) is 48.9 Å². The summed E-state index contributed by atoms with van der Waals surface area (Å²) in [4.78, 5) is 14.9. The number of rotatable bonds is 2. The highest BCUT2D eigenvalue weighted by Gasteiger charge is 2.40. The van der Waals surface area contributed by atoms with Crippen LogP contribution >= 0.6 is 0 Å². The first-order valence-corrected chi connectivity index (χ1v) is 9.96. The molecule has 0 saturated carbocycles. The van der Waals surface area contributed by atoms with Crippen LogP contribution in [0.15, 0.2) is 18.2 Å². The number of fused-ring (bicyclic) bond motifs is 1. The summed E-state index contributed by atoms with van der Waals surface area (Å²) < 4.78 is 17.4. The van der Waals surface area contributed by atoms with Gasteiger partial charge in [-0.05, 0) is 51.7 Å². The first-order valence-electron chi connectivity index (χ1n) is 9.96. The van der Waals surface area contributed by atoms with Gasteiger partial charge in [0.05, 0.1) is 18.8 Å². The van der Waals surface area contributed by atoms with Crippen LogP contribution in [-0.2, 0) is 4.74 Å². The molecule has 2 saturated heterocycles. The summed E-state index contributed by atoms with van der Waals surface area (Å²) in [6.45, 7) is 6.48. The molecule has 3 heterocycles. The van der Waals surface area contributed by atoms with Crippen molar-refractivity contribution in [3.8, 4) is 11.5 Å². The predicted octanol–water partition coefficient (Wildman–Crippen LogP) is 3.65. The minimum Gasteiger partial charge on any atom is -0.497 e. The van der Waals surface area contributed by atoms with Crippen LogP contribution < -0.4 is 14.8 Å². The zero-order valence-electron chi connectivity index (χ0n) is 16.5. The van der Waals surface area contributed by atoms with Crippen molar-refractivity contribution in [1.29, 1.82) is 0 Å². The maximum atomic E-state index is 12.9. The minimum absolute atomic E-state index is 0.00677. The summed E-state index contributed by atoms with van der Waals surface area (Å²) in [5.41, 5.74) is 0.692. The van der Waals surface area contributed by atoms with E-state index in [-0.39, 0.29) is 23.3 Å². The Kier molecular flexibility index (Phi) is 4.70. The fourth-order valence-corrected chi connectivity index (χ4v) is 4.59. The molecule has 0 bridgehead atoms. The number of carbonyl (C=O) groups is 1. The summed E-state index contributed by atoms with van der Waals surface area (Å²) in [6.07, 6.45) is 4.88. The molecule has 0 unspecified atom stereocenters. The van der Waals surface area contributed by atoms with Crippen LogP contribution in [0.2, 0.25) is 0 Å². The predicted molar refractivity (Wildman–Crippen MR) is 102 cm³/mol. The van der Waals surface area contributed by atoms with Gasteiger partial charge < -0.3 is 24.4 Å². The monoisotopic (exact) mass is 374 g/mol. The largest absolute Gasteiger partial charge is 0.497 e. The highest BCUT2D eigenvalue weighted by molar-refractivity contribution is 5.75. The number of hydrogen-bond acceptors (Lipinski definition) is 4. The fraction of sp³-hybridized carbons (Fsp3) is 0.667. The molecule has 1 N–H and O–H groups in total. The molecule has 3 aliphatic heterocycles. The van der Waals surface area contributed by atoms with Gasteiger partial charge in [0.2, 0.25) is 0 Å². The molecule has 0 aromatic heterocycles. The number of likely N-dealkylation sites (tertiary alicyclic amines) is 1. The molecular weight excluding hydrogens is 344 g/mol. The average molecular weight is 374 g/mol. The van der Waals surface area contributed by atoms with Gasteiger partial charge in [-0.1, -0.05) is 0 Å². The van der Waals surface area contributed by atoms with E-state index in [1.807, 2.05) is 23.1 Å². The van der Waals surface area contributed by atoms with Gasteiger partial charge in [0, 0.05) is 37.7 Å². The van der Waals surface area contributed by atoms with Crippen molar-refractivity contribution in [2.45, 2.75) is 63.2 Å². The molecule has 2 fully saturated rings. The lowest BCUT2D eigenvalue weighted by Crippen LogP contribution is -2.51. The van der Waals surface area contributed by atoms with Gasteiger partial charge in [-0.25, -0.2) is 4.79 Å². The van der Waals surface area contributed by atoms with Crippen molar-refractivity contribution in [2.24, 2.45) is 0 Å². The number of nitrogens with zero attached hydrogens (tertiary/aromatic N) is 1. The lowest BCUT2D eigenvalue weighted by atomic mass is 9.88. The molecular formula is C21H30N2O4. The van der Waals surface area contributed by atoms with Gasteiger partial charge in [0.15, 0.2) is 0 Å². The first kappa shape index (κ1) is 18.4. The molecule has 3 aliphatic rings. The number of methoxy groups -OCH3 is 1. The maximum absolute atomic E-state index is 12.9. The van der Waals surface area contributed by atoms with E-state index in [1.54, 1.807) is 7.11 Å². The average Bonchev–Trinajstić information content (AvgIpc) is 3.08. The van der Waals surface area contributed by atoms with Gasteiger partial charge >= 0.3 is 6.03 Å². The first-order chi connectivity index (χ1) is 12.9. The zero-order chi connectivity index (χ0) is 19.1. The molecule has 6 nitrogen and oxygen atoms in total. The van der Waals surface area contributed by atoms with E-state index in [4.69, 9.17) is 14.2 Å². The SMILES string of the molecule is COc1ccc2c(c1)OC(C)(C)C[C@@H]2NC(=O)N1CCC2(CCCO2)CC1. The number of nitrogens with one attached hydrogen (secondary N) is 1. The van der Waals surface area contributed by atoms with E-state index in [0.717, 1.165) is 68.9 Å². The van der Waals surface area contributed by atoms with E-state index in [1.165, 1.54) is 0 Å². The lowest BCUT2D eigenvalue weighted by Gasteiger charge is -2.41. The van der Waals surface area contributed by atoms with Gasteiger partial charge in [-0.15, -0.1) is 0 Å². The number of urea groups is 1. The van der Waals surface area contributed by atoms with Crippen LogP contribution in [0.1, 0.15) is 57.6 Å². The van der Waals surface area contributed by atoms with Crippen LogP contribution in [0.4, 0.5) is 4.79 Å². The number of amides is 2. The van der Waals surface area contributed by atoms with Crippen molar-refractivity contribution in [1.82, 2.24) is 10.2 Å². The topological polar surface area (TPSA) is 60.0 Å². The Morgan fingerprint density at radius 2 is 2.04 bits per heavy atom. The van der Waals surface area contributed by atoms with Gasteiger partial charge in [0.25, 0.3) is 0 Å². The molecule has 0 radical (unpaired) electrons. The number of carbonyl (C=O) groups excluding carboxylic acids is 1. The summed E-state index contributed by atoms with van der Waals surface area (Å²) in [7, 11) is 1.64. The third-order valence-corrected chi connectivity index (χ3v) is 6.12. The summed E-state index contributed by atoms with van der Waals surface area (Å²) >= 11 is 0. The van der Waals surface area contributed by atoms with Gasteiger partial charge in [-0.2, -0.15) is 0 Å². The second kappa shape index (κ2) is 6.89. The Hall–Kier alpha value is -1.95. The summed E-state index contributed by atoms with van der Waals surface area (Å²) in [5, 5.41) is 3.24. The number of piperidine rings is 1. The van der Waals surface area contributed by atoms with Gasteiger partial charge in [-0.3, -0.25) is 0 Å². The number of benzene rings is 1. The molecule has 27 heavy (non-hydrogen) atoms. The van der Waals surface area contributed by atoms with Gasteiger partial charge in [0.1, 0.15) is 17.1 Å². The Morgan fingerprint density at radius 1 is 1.26 bits per heavy atom. The molecule has 0 aliphatic carbocycles. The van der Waals surface area contributed by atoms with E-state index in [0.29, 0.717) is 0 Å². The molecule has 1 aromatic rings. The van der Waals surface area contributed by atoms with Crippen molar-refractivity contribution in [2.75, 3.05) is 26.8 Å². The highest BCUT2D eigenvalue weighted by atomic mass is 16.5. The van der Waals surface area contributed by atoms with Crippen molar-refractivity contribution in [3.63, 3.8) is 0 Å². The fourth-order valence-electron chi connectivity index (χ4n) is 4.59. The third-order valence-electron chi connectivity index (χ3n) is 6.12. The van der Waals surface area contributed by atoms with Crippen LogP contribution in [0, 0.1) is 0 Å². The van der Waals surface area contributed by atoms with Crippen LogP contribution in [0.25, 0.3) is 0 Å². The van der Waals surface area contributed by atoms with Crippen molar-refractivity contribution < 1.29 is 19.0 Å². The number of hydrogen-bond donors (Lipinski definition) is 1. The smallest absolute Gasteiger partial charge is 0.317 e. The Bertz CT molecular complexity index is 702. The quantitative estimate of drug-likeness (QED) is 0.858. The van der Waals surface area contributed by atoms with E-state index >= 15 is 0 Å². The maximum Gasteiger partial charge on any atom is 0.317 e. The molecule has 6 heteroatoms. The minimum atomic E-state index is -0.346. The van der Waals surface area contributed by atoms with Crippen molar-refractivity contribution >= 4 is 6.03 Å². The lowest BCUT2D eigenvalue weighted by molar-refractivity contribution is -0.0364. The van der Waals surface area contributed by atoms with E-state index < -0.39 is 0 Å². The molecule has 1 spiro atoms. The van der Waals surface area contributed by atoms with Crippen LogP contribution in [0.3, 0.4) is 0 Å². The normalized spacial score (nSPS) is 25.6. The Balaban J connectivity index is 1.45. The van der Waals surface area contributed by atoms with Crippen molar-refractivity contribution in [3.05, 3.63) is 23.8 Å². The molecule has 1 aromatic carbocycles. The highest BCUT2D eigenvalue weighted by Crippen LogP contribution is 2.41. The van der Waals surface area contributed by atoms with E-state index in [9.17, 15) is 4.79 Å².